The summed E-state index contributed by atoms with van der Waals surface area (Å²) in [6.45, 7) is 4.07. The van der Waals surface area contributed by atoms with E-state index in [4.69, 9.17) is 4.74 Å². The predicted octanol–water partition coefficient (Wildman–Crippen LogP) is 2.49. The van der Waals surface area contributed by atoms with Crippen LogP contribution in [0.3, 0.4) is 0 Å². The molecule has 1 aliphatic heterocycles. The van der Waals surface area contributed by atoms with E-state index in [1.165, 1.54) is 11.3 Å². The topological polar surface area (TPSA) is 98.3 Å². The average molecular weight is 393 g/mol. The molecule has 0 saturated carbocycles. The quantitative estimate of drug-likeness (QED) is 0.838. The molecule has 0 bridgehead atoms. The molecule has 0 saturated heterocycles. The van der Waals surface area contributed by atoms with Crippen LogP contribution in [0.1, 0.15) is 24.4 Å². The van der Waals surface area contributed by atoms with Crippen molar-refractivity contribution in [3.63, 3.8) is 0 Å². The van der Waals surface area contributed by atoms with Crippen LogP contribution in [-0.2, 0) is 25.8 Å². The molecule has 1 aromatic heterocycles. The van der Waals surface area contributed by atoms with E-state index < -0.39 is 15.7 Å². The van der Waals surface area contributed by atoms with Crippen molar-refractivity contribution in [2.24, 2.45) is 5.92 Å². The van der Waals surface area contributed by atoms with Crippen molar-refractivity contribution in [2.75, 3.05) is 17.7 Å². The third-order valence-electron chi connectivity index (χ3n) is 3.63. The monoisotopic (exact) mass is 393 g/mol. The van der Waals surface area contributed by atoms with E-state index in [2.05, 4.69) is 29.4 Å². The molecule has 1 aliphatic rings. The number of nitrogens with one attached hydrogen (secondary N) is 1. The van der Waals surface area contributed by atoms with Gasteiger partial charge in [0.15, 0.2) is 9.84 Å². The van der Waals surface area contributed by atoms with Crippen molar-refractivity contribution in [1.82, 2.24) is 10.2 Å². The number of benzene rings is 1. The van der Waals surface area contributed by atoms with Crippen LogP contribution in [0, 0.1) is 5.92 Å². The summed E-state index contributed by atoms with van der Waals surface area (Å²) >= 11 is 1.27. The number of hydrogen-bond donors (Lipinski definition) is 1. The van der Waals surface area contributed by atoms with Crippen molar-refractivity contribution in [3.05, 3.63) is 46.7 Å². The first-order chi connectivity index (χ1) is 12.4. The Morgan fingerprint density at radius 2 is 2.00 bits per heavy atom. The van der Waals surface area contributed by atoms with Gasteiger partial charge in [0.05, 0.1) is 5.75 Å². The Morgan fingerprint density at radius 3 is 2.69 bits per heavy atom. The van der Waals surface area contributed by atoms with Crippen LogP contribution >= 0.6 is 11.3 Å². The van der Waals surface area contributed by atoms with Gasteiger partial charge in [-0.25, -0.2) is 8.42 Å². The summed E-state index contributed by atoms with van der Waals surface area (Å²) in [5, 5.41) is 11.7. The lowest BCUT2D eigenvalue weighted by Gasteiger charge is -2.20. The van der Waals surface area contributed by atoms with Gasteiger partial charge in [-0.1, -0.05) is 55.5 Å². The van der Waals surface area contributed by atoms with E-state index in [1.807, 2.05) is 0 Å². The highest BCUT2D eigenvalue weighted by Crippen LogP contribution is 2.30. The minimum absolute atomic E-state index is 0.0594. The molecule has 9 heteroatoms. The van der Waals surface area contributed by atoms with Gasteiger partial charge < -0.3 is 4.74 Å². The van der Waals surface area contributed by atoms with Crippen LogP contribution in [0.2, 0.25) is 0 Å². The summed E-state index contributed by atoms with van der Waals surface area (Å²) < 4.78 is 30.5. The average Bonchev–Trinajstić information content (AvgIpc) is 3.00. The maximum absolute atomic E-state index is 12.7. The Balaban J connectivity index is 1.92. The minimum atomic E-state index is -3.61. The highest BCUT2D eigenvalue weighted by Gasteiger charge is 2.33. The second kappa shape index (κ2) is 7.55. The fraction of sp³-hybridized carbons (Fsp3) is 0.353. The van der Waals surface area contributed by atoms with Crippen molar-refractivity contribution < 1.29 is 17.9 Å². The van der Waals surface area contributed by atoms with Crippen LogP contribution in [0.15, 0.2) is 36.1 Å². The number of carbonyl (C=O) groups is 1. The molecule has 2 heterocycles. The first-order valence-corrected chi connectivity index (χ1v) is 10.6. The number of ether oxygens (including phenoxy) is 1. The molecule has 3 rings (SSSR count). The summed E-state index contributed by atoms with van der Waals surface area (Å²) in [5.41, 5.74) is 0.426. The van der Waals surface area contributed by atoms with E-state index in [0.29, 0.717) is 16.6 Å². The number of carbonyl (C=O) groups excluding carboxylic acids is 1. The zero-order valence-corrected chi connectivity index (χ0v) is 16.1. The van der Waals surface area contributed by atoms with Crippen LogP contribution in [0.4, 0.5) is 5.13 Å². The summed E-state index contributed by atoms with van der Waals surface area (Å²) in [4.78, 5) is 12.6. The van der Waals surface area contributed by atoms with Gasteiger partial charge in [0, 0.05) is 6.42 Å². The molecule has 2 aromatic rings. The SMILES string of the molecule is CC(C)Cc1nnc(NC(=O)C2=C(c3ccccc3)S(=O)(=O)CCO2)s1. The molecular weight excluding hydrogens is 374 g/mol. The molecule has 7 nitrogen and oxygen atoms in total. The van der Waals surface area contributed by atoms with Gasteiger partial charge in [-0.3, -0.25) is 10.1 Å². The minimum Gasteiger partial charge on any atom is -0.486 e. The van der Waals surface area contributed by atoms with Gasteiger partial charge >= 0.3 is 0 Å². The highest BCUT2D eigenvalue weighted by atomic mass is 32.2. The molecule has 1 N–H and O–H groups in total. The summed E-state index contributed by atoms with van der Waals surface area (Å²) in [6.07, 6.45) is 0.760. The normalized spacial score (nSPS) is 16.4. The fourth-order valence-corrected chi connectivity index (χ4v) is 4.90. The molecule has 0 aliphatic carbocycles. The van der Waals surface area contributed by atoms with Crippen molar-refractivity contribution in [2.45, 2.75) is 20.3 Å². The van der Waals surface area contributed by atoms with E-state index in [-0.39, 0.29) is 23.0 Å². The Morgan fingerprint density at radius 1 is 1.27 bits per heavy atom. The summed E-state index contributed by atoms with van der Waals surface area (Å²) in [7, 11) is -3.61. The predicted molar refractivity (Wildman–Crippen MR) is 100 cm³/mol. The number of anilines is 1. The number of aromatic nitrogens is 2. The van der Waals surface area contributed by atoms with E-state index >= 15 is 0 Å². The molecule has 26 heavy (non-hydrogen) atoms. The molecule has 138 valence electrons. The van der Waals surface area contributed by atoms with Crippen LogP contribution in [0.25, 0.3) is 4.91 Å². The number of hydrogen-bond acceptors (Lipinski definition) is 7. The second-order valence-electron chi connectivity index (χ2n) is 6.24. The van der Waals surface area contributed by atoms with Crippen LogP contribution < -0.4 is 5.32 Å². The smallest absolute Gasteiger partial charge is 0.293 e. The van der Waals surface area contributed by atoms with Gasteiger partial charge in [-0.05, 0) is 11.5 Å². The molecule has 1 amide bonds. The Labute approximate surface area is 156 Å². The third kappa shape index (κ3) is 4.10. The van der Waals surface area contributed by atoms with E-state index in [1.54, 1.807) is 30.3 Å². The standard InChI is InChI=1S/C17H19N3O4S2/c1-11(2)10-13-19-20-17(25-13)18-16(21)14-15(12-6-4-3-5-7-12)26(22,23)9-8-24-14/h3-7,11H,8-10H2,1-2H3,(H,18,20,21). The largest absolute Gasteiger partial charge is 0.486 e. The van der Waals surface area contributed by atoms with E-state index in [9.17, 15) is 13.2 Å². The van der Waals surface area contributed by atoms with Crippen molar-refractivity contribution in [1.29, 1.82) is 0 Å². The van der Waals surface area contributed by atoms with E-state index in [0.717, 1.165) is 11.4 Å². The van der Waals surface area contributed by atoms with Crippen molar-refractivity contribution in [3.8, 4) is 0 Å². The lowest BCUT2D eigenvalue weighted by atomic mass is 10.1. The number of rotatable bonds is 5. The zero-order chi connectivity index (χ0) is 18.7. The Kier molecular flexibility index (Phi) is 5.38. The van der Waals surface area contributed by atoms with Gasteiger partial charge in [0.1, 0.15) is 16.5 Å². The van der Waals surface area contributed by atoms with Crippen molar-refractivity contribution >= 4 is 37.1 Å². The summed E-state index contributed by atoms with van der Waals surface area (Å²) in [5.74, 6) is -0.584. The fourth-order valence-electron chi connectivity index (χ4n) is 2.52. The Bertz CT molecular complexity index is 934. The Hall–Kier alpha value is -2.26. The van der Waals surface area contributed by atoms with Gasteiger partial charge in [-0.15, -0.1) is 10.2 Å². The first kappa shape index (κ1) is 18.5. The number of amides is 1. The van der Waals surface area contributed by atoms with Gasteiger partial charge in [0.2, 0.25) is 10.9 Å². The molecule has 0 unspecified atom stereocenters. The lowest BCUT2D eigenvalue weighted by molar-refractivity contribution is -0.115. The van der Waals surface area contributed by atoms with Crippen LogP contribution in [-0.4, -0.2) is 36.9 Å². The summed E-state index contributed by atoms with van der Waals surface area (Å²) in [6, 6.07) is 8.48. The molecule has 1 aromatic carbocycles. The first-order valence-electron chi connectivity index (χ1n) is 8.16. The number of nitrogens with zero attached hydrogens (tertiary/aromatic N) is 2. The molecular formula is C17H19N3O4S2. The highest BCUT2D eigenvalue weighted by molar-refractivity contribution is 8.00. The lowest BCUT2D eigenvalue weighted by Crippen LogP contribution is -2.28. The number of sulfone groups is 1. The van der Waals surface area contributed by atoms with Gasteiger partial charge in [0.25, 0.3) is 5.91 Å². The third-order valence-corrected chi connectivity index (χ3v) is 6.24. The molecule has 0 radical (unpaired) electrons. The molecule has 0 spiro atoms. The second-order valence-corrected chi connectivity index (χ2v) is 9.35. The molecule has 0 atom stereocenters. The molecule has 0 fully saturated rings. The van der Waals surface area contributed by atoms with Gasteiger partial charge in [-0.2, -0.15) is 0 Å². The maximum atomic E-state index is 12.7. The maximum Gasteiger partial charge on any atom is 0.293 e. The van der Waals surface area contributed by atoms with Crippen LogP contribution in [0.5, 0.6) is 0 Å². The zero-order valence-electron chi connectivity index (χ0n) is 14.4.